The van der Waals surface area contributed by atoms with Crippen LogP contribution in [0.25, 0.3) is 0 Å². The molecule has 3 rings (SSSR count). The van der Waals surface area contributed by atoms with Gasteiger partial charge in [0.05, 0.1) is 0 Å². The number of nitrogens with zero attached hydrogens (tertiary/aromatic N) is 2. The molecule has 0 bridgehead atoms. The number of piperazine rings is 1. The zero-order valence-electron chi connectivity index (χ0n) is 16.2. The van der Waals surface area contributed by atoms with Gasteiger partial charge in [-0.1, -0.05) is 51.8 Å². The Morgan fingerprint density at radius 3 is 2.50 bits per heavy atom. The number of rotatable bonds is 6. The van der Waals surface area contributed by atoms with Gasteiger partial charge in [0.25, 0.3) is 5.91 Å². The second kappa shape index (κ2) is 9.85. The van der Waals surface area contributed by atoms with Crippen molar-refractivity contribution in [3.63, 3.8) is 0 Å². The monoisotopic (exact) mass is 443 g/mol. The van der Waals surface area contributed by atoms with Crippen LogP contribution in [-0.4, -0.2) is 54.3 Å². The van der Waals surface area contributed by atoms with Crippen molar-refractivity contribution in [3.05, 3.63) is 69.7 Å². The molecule has 1 aliphatic heterocycles. The zero-order chi connectivity index (χ0) is 19.9. The summed E-state index contributed by atoms with van der Waals surface area (Å²) in [6, 6.07) is 15.5. The van der Waals surface area contributed by atoms with Gasteiger partial charge in [0.1, 0.15) is 0 Å². The van der Waals surface area contributed by atoms with Crippen LogP contribution in [0.2, 0.25) is 0 Å². The van der Waals surface area contributed by atoms with Crippen molar-refractivity contribution in [1.82, 2.24) is 15.1 Å². The Kier molecular flexibility index (Phi) is 7.23. The first-order valence-corrected chi connectivity index (χ1v) is 10.4. The van der Waals surface area contributed by atoms with Crippen molar-refractivity contribution in [2.75, 3.05) is 32.7 Å². The molecule has 1 aliphatic rings. The standard InChI is InChI=1S/C22H26BrN3O2/c1-17-5-7-18(8-6-17)16-26(22(28)19-3-2-4-20(23)15-19)12-9-21(27)25-13-10-24-11-14-25/h2-8,15,24H,9-14,16H2,1H3. The molecule has 1 saturated heterocycles. The lowest BCUT2D eigenvalue weighted by atomic mass is 10.1. The normalized spacial score (nSPS) is 14.0. The highest BCUT2D eigenvalue weighted by Gasteiger charge is 2.21. The molecule has 1 N–H and O–H groups in total. The van der Waals surface area contributed by atoms with Crippen LogP contribution in [0, 0.1) is 6.92 Å². The Balaban J connectivity index is 1.72. The summed E-state index contributed by atoms with van der Waals surface area (Å²) in [7, 11) is 0. The lowest BCUT2D eigenvalue weighted by Crippen LogP contribution is -2.47. The van der Waals surface area contributed by atoms with Gasteiger partial charge in [0.15, 0.2) is 0 Å². The lowest BCUT2D eigenvalue weighted by molar-refractivity contribution is -0.132. The van der Waals surface area contributed by atoms with E-state index < -0.39 is 0 Å². The predicted molar refractivity (Wildman–Crippen MR) is 114 cm³/mol. The van der Waals surface area contributed by atoms with E-state index in [0.29, 0.717) is 25.1 Å². The molecule has 0 atom stereocenters. The second-order valence-electron chi connectivity index (χ2n) is 7.10. The Hall–Kier alpha value is -2.18. The summed E-state index contributed by atoms with van der Waals surface area (Å²) in [6.07, 6.45) is 0.339. The van der Waals surface area contributed by atoms with Gasteiger partial charge in [0.2, 0.25) is 5.91 Å². The minimum absolute atomic E-state index is 0.0602. The number of aryl methyl sites for hydroxylation is 1. The van der Waals surface area contributed by atoms with Gasteiger partial charge < -0.3 is 15.1 Å². The van der Waals surface area contributed by atoms with Gasteiger partial charge in [0, 0.05) is 55.7 Å². The Bertz CT molecular complexity index is 817. The molecule has 0 aliphatic carbocycles. The van der Waals surface area contributed by atoms with Crippen LogP contribution in [0.4, 0.5) is 0 Å². The summed E-state index contributed by atoms with van der Waals surface area (Å²) >= 11 is 3.43. The van der Waals surface area contributed by atoms with Crippen LogP contribution in [-0.2, 0) is 11.3 Å². The van der Waals surface area contributed by atoms with E-state index in [-0.39, 0.29) is 11.8 Å². The van der Waals surface area contributed by atoms with Crippen LogP contribution in [0.5, 0.6) is 0 Å². The van der Waals surface area contributed by atoms with Gasteiger partial charge in [-0.3, -0.25) is 9.59 Å². The van der Waals surface area contributed by atoms with Crippen molar-refractivity contribution < 1.29 is 9.59 Å². The first kappa shape index (κ1) is 20.6. The van der Waals surface area contributed by atoms with Crippen LogP contribution in [0.1, 0.15) is 27.9 Å². The molecule has 5 nitrogen and oxygen atoms in total. The molecular formula is C22H26BrN3O2. The summed E-state index contributed by atoms with van der Waals surface area (Å²) in [4.78, 5) is 29.3. The van der Waals surface area contributed by atoms with E-state index in [1.807, 2.05) is 60.4 Å². The van der Waals surface area contributed by atoms with Crippen molar-refractivity contribution in [2.24, 2.45) is 0 Å². The van der Waals surface area contributed by atoms with E-state index in [1.165, 1.54) is 5.56 Å². The van der Waals surface area contributed by atoms with E-state index >= 15 is 0 Å². The number of amides is 2. The quantitative estimate of drug-likeness (QED) is 0.745. The predicted octanol–water partition coefficient (Wildman–Crippen LogP) is 3.22. The van der Waals surface area contributed by atoms with E-state index in [0.717, 1.165) is 36.2 Å². The van der Waals surface area contributed by atoms with Crippen LogP contribution in [0.3, 0.4) is 0 Å². The molecular weight excluding hydrogens is 418 g/mol. The molecule has 0 aromatic heterocycles. The molecule has 0 spiro atoms. The minimum atomic E-state index is -0.0602. The van der Waals surface area contributed by atoms with Crippen LogP contribution < -0.4 is 5.32 Å². The Morgan fingerprint density at radius 1 is 1.11 bits per heavy atom. The maximum atomic E-state index is 13.1. The number of carbonyl (C=O) groups excluding carboxylic acids is 2. The van der Waals surface area contributed by atoms with Crippen LogP contribution in [0.15, 0.2) is 53.0 Å². The zero-order valence-corrected chi connectivity index (χ0v) is 17.7. The van der Waals surface area contributed by atoms with Crippen molar-refractivity contribution in [3.8, 4) is 0 Å². The number of halogens is 1. The maximum Gasteiger partial charge on any atom is 0.254 e. The minimum Gasteiger partial charge on any atom is -0.340 e. The SMILES string of the molecule is Cc1ccc(CN(CCC(=O)N2CCNCC2)C(=O)c2cccc(Br)c2)cc1. The molecule has 1 fully saturated rings. The Labute approximate surface area is 174 Å². The van der Waals surface area contributed by atoms with Gasteiger partial charge in [-0.15, -0.1) is 0 Å². The van der Waals surface area contributed by atoms with Gasteiger partial charge in [-0.25, -0.2) is 0 Å². The summed E-state index contributed by atoms with van der Waals surface area (Å²) in [6.45, 7) is 6.06. The van der Waals surface area contributed by atoms with Gasteiger partial charge in [-0.05, 0) is 30.7 Å². The summed E-state index contributed by atoms with van der Waals surface area (Å²) in [5.41, 5.74) is 2.86. The highest BCUT2D eigenvalue weighted by Crippen LogP contribution is 2.16. The molecule has 0 radical (unpaired) electrons. The molecule has 6 heteroatoms. The van der Waals surface area contributed by atoms with E-state index in [4.69, 9.17) is 0 Å². The number of carbonyl (C=O) groups is 2. The summed E-state index contributed by atoms with van der Waals surface area (Å²) in [5.74, 6) is 0.0486. The number of nitrogens with one attached hydrogen (secondary N) is 1. The van der Waals surface area contributed by atoms with E-state index in [1.54, 1.807) is 4.90 Å². The molecule has 2 aromatic rings. The third kappa shape index (κ3) is 5.66. The highest BCUT2D eigenvalue weighted by molar-refractivity contribution is 9.10. The van der Waals surface area contributed by atoms with Crippen molar-refractivity contribution in [2.45, 2.75) is 19.9 Å². The average molecular weight is 444 g/mol. The largest absolute Gasteiger partial charge is 0.340 e. The van der Waals surface area contributed by atoms with Gasteiger partial charge >= 0.3 is 0 Å². The van der Waals surface area contributed by atoms with Crippen LogP contribution >= 0.6 is 15.9 Å². The molecule has 28 heavy (non-hydrogen) atoms. The molecule has 1 heterocycles. The molecule has 0 saturated carbocycles. The summed E-state index contributed by atoms with van der Waals surface area (Å²) < 4.78 is 0.866. The molecule has 2 amide bonds. The number of benzene rings is 2. The van der Waals surface area contributed by atoms with Crippen molar-refractivity contribution >= 4 is 27.7 Å². The van der Waals surface area contributed by atoms with Gasteiger partial charge in [-0.2, -0.15) is 0 Å². The average Bonchev–Trinajstić information content (AvgIpc) is 2.72. The first-order chi connectivity index (χ1) is 13.5. The second-order valence-corrected chi connectivity index (χ2v) is 8.02. The van der Waals surface area contributed by atoms with Crippen molar-refractivity contribution in [1.29, 1.82) is 0 Å². The first-order valence-electron chi connectivity index (χ1n) is 9.62. The third-order valence-electron chi connectivity index (χ3n) is 4.92. The maximum absolute atomic E-state index is 13.1. The fourth-order valence-corrected chi connectivity index (χ4v) is 3.67. The number of hydrogen-bond acceptors (Lipinski definition) is 3. The topological polar surface area (TPSA) is 52.7 Å². The molecule has 0 unspecified atom stereocenters. The fraction of sp³-hybridized carbons (Fsp3) is 0.364. The highest BCUT2D eigenvalue weighted by atomic mass is 79.9. The summed E-state index contributed by atoms with van der Waals surface area (Å²) in [5, 5.41) is 3.25. The van der Waals surface area contributed by atoms with E-state index in [9.17, 15) is 9.59 Å². The lowest BCUT2D eigenvalue weighted by Gasteiger charge is -2.29. The third-order valence-corrected chi connectivity index (χ3v) is 5.41. The van der Waals surface area contributed by atoms with E-state index in [2.05, 4.69) is 21.2 Å². The number of hydrogen-bond donors (Lipinski definition) is 1. The Morgan fingerprint density at radius 2 is 1.82 bits per heavy atom. The smallest absolute Gasteiger partial charge is 0.254 e. The molecule has 2 aromatic carbocycles. The molecule has 148 valence electrons. The fourth-order valence-electron chi connectivity index (χ4n) is 3.27.